The molecule has 1 saturated carbocycles. The summed E-state index contributed by atoms with van der Waals surface area (Å²) in [4.78, 5) is 27.0. The topological polar surface area (TPSA) is 69.4 Å². The first-order chi connectivity index (χ1) is 13.1. The number of carbonyl (C=O) groups excluding carboxylic acids is 1. The standard InChI is InChI=1S/C19H32N4O3S/c1-3-22-18(20-23(19(22)25)12-13-26-2)15-8-10-21(11-9-15)17(24)14-27-16-6-4-5-7-16/h15-16H,3-14H2,1-2H3. The Morgan fingerprint density at radius 2 is 1.93 bits per heavy atom. The number of likely N-dealkylation sites (tertiary alicyclic amines) is 1. The van der Waals surface area contributed by atoms with Crippen LogP contribution in [-0.4, -0.2) is 63.0 Å². The van der Waals surface area contributed by atoms with Crippen LogP contribution >= 0.6 is 11.8 Å². The quantitative estimate of drug-likeness (QED) is 0.673. The maximum atomic E-state index is 12.5. The summed E-state index contributed by atoms with van der Waals surface area (Å²) in [5.74, 6) is 1.99. The first-order valence-electron chi connectivity index (χ1n) is 10.2. The van der Waals surface area contributed by atoms with Gasteiger partial charge in [-0.3, -0.25) is 9.36 Å². The van der Waals surface area contributed by atoms with E-state index in [1.807, 2.05) is 23.6 Å². The number of carbonyl (C=O) groups is 1. The summed E-state index contributed by atoms with van der Waals surface area (Å²) >= 11 is 1.84. The van der Waals surface area contributed by atoms with Crippen LogP contribution in [0.5, 0.6) is 0 Å². The van der Waals surface area contributed by atoms with E-state index in [9.17, 15) is 9.59 Å². The van der Waals surface area contributed by atoms with Crippen molar-refractivity contribution in [2.24, 2.45) is 0 Å². The van der Waals surface area contributed by atoms with Crippen molar-refractivity contribution in [2.45, 2.75) is 69.7 Å². The first kappa shape index (κ1) is 20.5. The molecule has 1 aromatic heterocycles. The molecule has 27 heavy (non-hydrogen) atoms. The molecule has 7 nitrogen and oxygen atoms in total. The van der Waals surface area contributed by atoms with Crippen LogP contribution in [0.25, 0.3) is 0 Å². The highest BCUT2D eigenvalue weighted by Crippen LogP contribution is 2.30. The molecule has 2 heterocycles. The summed E-state index contributed by atoms with van der Waals surface area (Å²) in [6.45, 7) is 5.08. The summed E-state index contributed by atoms with van der Waals surface area (Å²) in [5.41, 5.74) is -0.0592. The zero-order valence-electron chi connectivity index (χ0n) is 16.6. The van der Waals surface area contributed by atoms with Crippen molar-refractivity contribution in [3.8, 4) is 0 Å². The average molecular weight is 397 g/mol. The molecule has 2 fully saturated rings. The van der Waals surface area contributed by atoms with Crippen LogP contribution in [-0.2, 0) is 22.6 Å². The molecule has 3 rings (SSSR count). The molecule has 152 valence electrons. The molecule has 8 heteroatoms. The average Bonchev–Trinajstić information content (AvgIpc) is 3.32. The Hall–Kier alpha value is -1.28. The third kappa shape index (κ3) is 4.96. The number of nitrogens with zero attached hydrogens (tertiary/aromatic N) is 4. The summed E-state index contributed by atoms with van der Waals surface area (Å²) in [5, 5.41) is 5.26. The third-order valence-corrected chi connectivity index (χ3v) is 7.09. The zero-order chi connectivity index (χ0) is 19.2. The van der Waals surface area contributed by atoms with E-state index in [4.69, 9.17) is 4.74 Å². The maximum Gasteiger partial charge on any atom is 0.345 e. The van der Waals surface area contributed by atoms with Gasteiger partial charge in [0, 0.05) is 37.9 Å². The third-order valence-electron chi connectivity index (χ3n) is 5.73. The number of piperidine rings is 1. The molecule has 0 unspecified atom stereocenters. The van der Waals surface area contributed by atoms with Crippen LogP contribution in [0.1, 0.15) is 57.2 Å². The molecule has 1 saturated heterocycles. The molecule has 1 aromatic rings. The van der Waals surface area contributed by atoms with Crippen LogP contribution < -0.4 is 5.69 Å². The molecule has 0 N–H and O–H groups in total. The van der Waals surface area contributed by atoms with Gasteiger partial charge < -0.3 is 9.64 Å². The zero-order valence-corrected chi connectivity index (χ0v) is 17.4. The number of ether oxygens (including phenoxy) is 1. The fourth-order valence-corrected chi connectivity index (χ4v) is 5.33. The van der Waals surface area contributed by atoms with E-state index < -0.39 is 0 Å². The Kier molecular flexibility index (Phi) is 7.41. The van der Waals surface area contributed by atoms with Gasteiger partial charge in [0.05, 0.1) is 18.9 Å². The van der Waals surface area contributed by atoms with Gasteiger partial charge in [0.15, 0.2) is 0 Å². The van der Waals surface area contributed by atoms with E-state index in [0.29, 0.717) is 30.7 Å². The second kappa shape index (κ2) is 9.78. The van der Waals surface area contributed by atoms with Crippen LogP contribution in [0.2, 0.25) is 0 Å². The second-order valence-electron chi connectivity index (χ2n) is 7.47. The van der Waals surface area contributed by atoms with Crippen molar-refractivity contribution in [2.75, 3.05) is 32.6 Å². The van der Waals surface area contributed by atoms with Crippen molar-refractivity contribution >= 4 is 17.7 Å². The lowest BCUT2D eigenvalue weighted by Crippen LogP contribution is -2.39. The van der Waals surface area contributed by atoms with E-state index in [1.54, 1.807) is 11.7 Å². The summed E-state index contributed by atoms with van der Waals surface area (Å²) in [6, 6.07) is 0. The van der Waals surface area contributed by atoms with Gasteiger partial charge in [-0.2, -0.15) is 5.10 Å². The molecule has 0 spiro atoms. The van der Waals surface area contributed by atoms with Crippen molar-refractivity contribution in [3.05, 3.63) is 16.3 Å². The second-order valence-corrected chi connectivity index (χ2v) is 8.76. The lowest BCUT2D eigenvalue weighted by molar-refractivity contribution is -0.129. The SMILES string of the molecule is CCn1c(C2CCN(C(=O)CSC3CCCC3)CC2)nn(CCOC)c1=O. The van der Waals surface area contributed by atoms with Gasteiger partial charge in [0.2, 0.25) is 5.91 Å². The number of methoxy groups -OCH3 is 1. The van der Waals surface area contributed by atoms with E-state index in [2.05, 4.69) is 5.10 Å². The van der Waals surface area contributed by atoms with E-state index >= 15 is 0 Å². The van der Waals surface area contributed by atoms with Crippen molar-refractivity contribution in [1.82, 2.24) is 19.2 Å². The molecule has 1 amide bonds. The predicted octanol–water partition coefficient (Wildman–Crippen LogP) is 2.09. The smallest absolute Gasteiger partial charge is 0.345 e. The number of aromatic nitrogens is 3. The largest absolute Gasteiger partial charge is 0.383 e. The highest BCUT2D eigenvalue weighted by molar-refractivity contribution is 8.00. The monoisotopic (exact) mass is 396 g/mol. The fraction of sp³-hybridized carbons (Fsp3) is 0.842. The highest BCUT2D eigenvalue weighted by Gasteiger charge is 2.28. The Morgan fingerprint density at radius 3 is 2.56 bits per heavy atom. The van der Waals surface area contributed by atoms with Gasteiger partial charge in [0.25, 0.3) is 0 Å². The summed E-state index contributed by atoms with van der Waals surface area (Å²) in [7, 11) is 1.63. The lowest BCUT2D eigenvalue weighted by atomic mass is 9.96. The minimum Gasteiger partial charge on any atom is -0.383 e. The molecule has 0 radical (unpaired) electrons. The van der Waals surface area contributed by atoms with Crippen LogP contribution in [0.4, 0.5) is 0 Å². The lowest BCUT2D eigenvalue weighted by Gasteiger charge is -2.31. The van der Waals surface area contributed by atoms with Gasteiger partial charge >= 0.3 is 5.69 Å². The Morgan fingerprint density at radius 1 is 1.22 bits per heavy atom. The first-order valence-corrected chi connectivity index (χ1v) is 11.2. The molecular formula is C19H32N4O3S. The van der Waals surface area contributed by atoms with Gasteiger partial charge in [0.1, 0.15) is 5.82 Å². The molecule has 1 aliphatic heterocycles. The van der Waals surface area contributed by atoms with E-state index in [0.717, 1.165) is 31.8 Å². The molecule has 0 bridgehead atoms. The minimum absolute atomic E-state index is 0.0592. The van der Waals surface area contributed by atoms with Gasteiger partial charge in [-0.25, -0.2) is 9.48 Å². The predicted molar refractivity (Wildman–Crippen MR) is 107 cm³/mol. The van der Waals surface area contributed by atoms with Crippen LogP contribution in [0.3, 0.4) is 0 Å². The molecular weight excluding hydrogens is 364 g/mol. The normalized spacial score (nSPS) is 19.1. The number of amides is 1. The summed E-state index contributed by atoms with van der Waals surface area (Å²) < 4.78 is 8.36. The fourth-order valence-electron chi connectivity index (χ4n) is 4.10. The van der Waals surface area contributed by atoms with E-state index in [1.165, 1.54) is 30.4 Å². The Labute approximate surface area is 165 Å². The van der Waals surface area contributed by atoms with Crippen molar-refractivity contribution < 1.29 is 9.53 Å². The molecule has 1 aliphatic carbocycles. The Balaban J connectivity index is 1.55. The van der Waals surface area contributed by atoms with Crippen molar-refractivity contribution in [1.29, 1.82) is 0 Å². The number of hydrogen-bond donors (Lipinski definition) is 0. The van der Waals surface area contributed by atoms with Gasteiger partial charge in [-0.1, -0.05) is 12.8 Å². The number of rotatable bonds is 8. The molecule has 0 aromatic carbocycles. The van der Waals surface area contributed by atoms with Gasteiger partial charge in [-0.15, -0.1) is 11.8 Å². The van der Waals surface area contributed by atoms with E-state index in [-0.39, 0.29) is 17.5 Å². The van der Waals surface area contributed by atoms with Crippen LogP contribution in [0.15, 0.2) is 4.79 Å². The molecule has 2 aliphatic rings. The number of hydrogen-bond acceptors (Lipinski definition) is 5. The maximum absolute atomic E-state index is 12.5. The van der Waals surface area contributed by atoms with Crippen LogP contribution in [0, 0.1) is 0 Å². The summed E-state index contributed by atoms with van der Waals surface area (Å²) in [6.07, 6.45) is 6.91. The number of thioether (sulfide) groups is 1. The molecule has 0 atom stereocenters. The van der Waals surface area contributed by atoms with Crippen molar-refractivity contribution in [3.63, 3.8) is 0 Å². The minimum atomic E-state index is -0.0592. The highest BCUT2D eigenvalue weighted by atomic mass is 32.2. The van der Waals surface area contributed by atoms with Gasteiger partial charge in [-0.05, 0) is 32.6 Å². The Bertz CT molecular complexity index is 673.